The zero-order chi connectivity index (χ0) is 20.5. The molecule has 1 fully saturated rings. The molecule has 2 aromatic heterocycles. The lowest BCUT2D eigenvalue weighted by atomic mass is 10.1. The summed E-state index contributed by atoms with van der Waals surface area (Å²) in [5, 5.41) is 15.6. The van der Waals surface area contributed by atoms with E-state index in [0.717, 1.165) is 29.1 Å². The number of anilines is 1. The maximum Gasteiger partial charge on any atom is 0.253 e. The van der Waals surface area contributed by atoms with Crippen LogP contribution in [0.5, 0.6) is 0 Å². The van der Waals surface area contributed by atoms with E-state index >= 15 is 0 Å². The van der Waals surface area contributed by atoms with Crippen LogP contribution in [-0.2, 0) is 0 Å². The van der Waals surface area contributed by atoms with Crippen molar-refractivity contribution in [3.63, 3.8) is 0 Å². The van der Waals surface area contributed by atoms with Crippen molar-refractivity contribution in [3.05, 3.63) is 66.2 Å². The van der Waals surface area contributed by atoms with E-state index in [0.29, 0.717) is 16.8 Å². The fourth-order valence-electron chi connectivity index (χ4n) is 3.85. The Hall–Kier alpha value is -3.33. The van der Waals surface area contributed by atoms with Crippen molar-refractivity contribution in [3.8, 4) is 5.69 Å². The van der Waals surface area contributed by atoms with Crippen LogP contribution in [0.25, 0.3) is 15.9 Å². The van der Waals surface area contributed by atoms with Crippen LogP contribution in [0.3, 0.4) is 0 Å². The number of amides is 1. The summed E-state index contributed by atoms with van der Waals surface area (Å²) in [4.78, 5) is 19.0. The smallest absolute Gasteiger partial charge is 0.253 e. The van der Waals surface area contributed by atoms with Crippen LogP contribution in [0.4, 0.5) is 9.52 Å². The van der Waals surface area contributed by atoms with Gasteiger partial charge in [0.05, 0.1) is 33.9 Å². The van der Waals surface area contributed by atoms with Crippen LogP contribution < -0.4 is 10.6 Å². The van der Waals surface area contributed by atoms with Gasteiger partial charge in [-0.25, -0.2) is 9.37 Å². The fourth-order valence-corrected chi connectivity index (χ4v) is 4.76. The van der Waals surface area contributed by atoms with Gasteiger partial charge in [-0.2, -0.15) is 15.0 Å². The van der Waals surface area contributed by atoms with Gasteiger partial charge in [-0.15, -0.1) is 0 Å². The summed E-state index contributed by atoms with van der Waals surface area (Å²) in [6.07, 6.45) is 5.97. The molecule has 30 heavy (non-hydrogen) atoms. The molecule has 1 amide bonds. The first kappa shape index (κ1) is 18.7. The Morgan fingerprint density at radius 2 is 1.90 bits per heavy atom. The van der Waals surface area contributed by atoms with Gasteiger partial charge < -0.3 is 10.6 Å². The SMILES string of the molecule is O=C(NC1CCCC1Nc1nc2cc(F)ccc2s1)c1ccccc1-n1nccn1. The van der Waals surface area contributed by atoms with Crippen molar-refractivity contribution < 1.29 is 9.18 Å². The van der Waals surface area contributed by atoms with Crippen LogP contribution in [0.15, 0.2) is 54.9 Å². The number of halogens is 1. The van der Waals surface area contributed by atoms with Gasteiger partial charge >= 0.3 is 0 Å². The Kier molecular flexibility index (Phi) is 4.88. The number of hydrogen-bond donors (Lipinski definition) is 2. The number of nitrogens with one attached hydrogen (secondary N) is 2. The standard InChI is InChI=1S/C21H19FN6OS/c22-13-8-9-19-17(12-13)27-21(30-19)26-16-6-3-5-15(16)25-20(29)14-4-1-2-7-18(14)28-23-10-11-24-28/h1-2,4,7-12,15-16H,3,5-6H2,(H,25,29)(H,26,27). The monoisotopic (exact) mass is 422 g/mol. The molecule has 1 aliphatic rings. The predicted molar refractivity (Wildman–Crippen MR) is 113 cm³/mol. The molecule has 2 atom stereocenters. The summed E-state index contributed by atoms with van der Waals surface area (Å²) < 4.78 is 14.4. The number of nitrogens with zero attached hydrogens (tertiary/aromatic N) is 4. The normalized spacial score (nSPS) is 18.6. The Morgan fingerprint density at radius 1 is 1.10 bits per heavy atom. The van der Waals surface area contributed by atoms with Crippen LogP contribution in [0.1, 0.15) is 29.6 Å². The van der Waals surface area contributed by atoms with Gasteiger partial charge in [-0.1, -0.05) is 23.5 Å². The van der Waals surface area contributed by atoms with Crippen LogP contribution in [-0.4, -0.2) is 38.0 Å². The molecule has 9 heteroatoms. The number of fused-ring (bicyclic) bond motifs is 1. The molecule has 0 saturated heterocycles. The number of carbonyl (C=O) groups excluding carboxylic acids is 1. The molecule has 0 spiro atoms. The molecule has 0 radical (unpaired) electrons. The van der Waals surface area contributed by atoms with Crippen molar-refractivity contribution in [2.45, 2.75) is 31.3 Å². The van der Waals surface area contributed by atoms with Crippen molar-refractivity contribution in [1.82, 2.24) is 25.3 Å². The molecule has 2 aromatic carbocycles. The van der Waals surface area contributed by atoms with E-state index < -0.39 is 0 Å². The third-order valence-corrected chi connectivity index (χ3v) is 6.24. The zero-order valence-electron chi connectivity index (χ0n) is 16.0. The number of rotatable bonds is 5. The lowest BCUT2D eigenvalue weighted by Gasteiger charge is -2.22. The van der Waals surface area contributed by atoms with Crippen LogP contribution in [0.2, 0.25) is 0 Å². The molecule has 1 saturated carbocycles. The molecular formula is C21H19FN6OS. The number of benzene rings is 2. The van der Waals surface area contributed by atoms with Gasteiger partial charge in [-0.3, -0.25) is 4.79 Å². The van der Waals surface area contributed by atoms with E-state index in [4.69, 9.17) is 0 Å². The average Bonchev–Trinajstić information content (AvgIpc) is 3.49. The highest BCUT2D eigenvalue weighted by Gasteiger charge is 2.30. The fraction of sp³-hybridized carbons (Fsp3) is 0.238. The Bertz CT molecular complexity index is 1190. The maximum absolute atomic E-state index is 13.4. The summed E-state index contributed by atoms with van der Waals surface area (Å²) in [6, 6.07) is 11.9. The predicted octanol–water partition coefficient (Wildman–Crippen LogP) is 3.78. The maximum atomic E-state index is 13.4. The van der Waals surface area contributed by atoms with Gasteiger partial charge in [0.1, 0.15) is 5.82 Å². The molecule has 152 valence electrons. The molecule has 1 aliphatic carbocycles. The van der Waals surface area contributed by atoms with Gasteiger partial charge in [-0.05, 0) is 43.5 Å². The summed E-state index contributed by atoms with van der Waals surface area (Å²) >= 11 is 1.49. The Labute approximate surface area is 175 Å². The summed E-state index contributed by atoms with van der Waals surface area (Å²) in [5.41, 5.74) is 1.80. The van der Waals surface area contributed by atoms with E-state index in [2.05, 4.69) is 25.8 Å². The number of hydrogen-bond acceptors (Lipinski definition) is 6. The molecule has 5 rings (SSSR count). The number of thiazole rings is 1. The van der Waals surface area contributed by atoms with E-state index in [-0.39, 0.29) is 23.8 Å². The van der Waals surface area contributed by atoms with E-state index in [1.807, 2.05) is 18.2 Å². The quantitative estimate of drug-likeness (QED) is 0.511. The van der Waals surface area contributed by atoms with Gasteiger partial charge in [0, 0.05) is 18.2 Å². The van der Waals surface area contributed by atoms with E-state index in [9.17, 15) is 9.18 Å². The minimum atomic E-state index is -0.296. The highest BCUT2D eigenvalue weighted by atomic mass is 32.1. The molecule has 2 heterocycles. The lowest BCUT2D eigenvalue weighted by Crippen LogP contribution is -2.43. The third kappa shape index (κ3) is 3.63. The molecule has 0 bridgehead atoms. The molecule has 7 nitrogen and oxygen atoms in total. The lowest BCUT2D eigenvalue weighted by molar-refractivity contribution is 0.0935. The molecular weight excluding hydrogens is 403 g/mol. The van der Waals surface area contributed by atoms with Gasteiger partial charge in [0.15, 0.2) is 5.13 Å². The minimum Gasteiger partial charge on any atom is -0.357 e. The van der Waals surface area contributed by atoms with Crippen molar-refractivity contribution in [2.24, 2.45) is 0 Å². The Morgan fingerprint density at radius 3 is 2.77 bits per heavy atom. The molecule has 2 N–H and O–H groups in total. The van der Waals surface area contributed by atoms with E-state index in [1.165, 1.54) is 28.3 Å². The first-order valence-electron chi connectivity index (χ1n) is 9.76. The number of para-hydroxylation sites is 1. The second-order valence-corrected chi connectivity index (χ2v) is 8.26. The van der Waals surface area contributed by atoms with Crippen LogP contribution in [0, 0.1) is 5.82 Å². The highest BCUT2D eigenvalue weighted by Crippen LogP contribution is 2.30. The molecule has 2 unspecified atom stereocenters. The topological polar surface area (TPSA) is 84.7 Å². The average molecular weight is 422 g/mol. The van der Waals surface area contributed by atoms with Crippen molar-refractivity contribution in [1.29, 1.82) is 0 Å². The third-order valence-electron chi connectivity index (χ3n) is 5.27. The van der Waals surface area contributed by atoms with Gasteiger partial charge in [0.25, 0.3) is 5.91 Å². The second-order valence-electron chi connectivity index (χ2n) is 7.23. The summed E-state index contributed by atoms with van der Waals surface area (Å²) in [6.45, 7) is 0. The molecule has 0 aliphatic heterocycles. The second kappa shape index (κ2) is 7.83. The minimum absolute atomic E-state index is 0.0279. The summed E-state index contributed by atoms with van der Waals surface area (Å²) in [7, 11) is 0. The van der Waals surface area contributed by atoms with E-state index in [1.54, 1.807) is 24.5 Å². The number of aromatic nitrogens is 4. The van der Waals surface area contributed by atoms with Crippen LogP contribution >= 0.6 is 11.3 Å². The highest BCUT2D eigenvalue weighted by molar-refractivity contribution is 7.22. The molecule has 4 aromatic rings. The first-order chi connectivity index (χ1) is 14.7. The van der Waals surface area contributed by atoms with Crippen molar-refractivity contribution >= 4 is 32.6 Å². The zero-order valence-corrected chi connectivity index (χ0v) is 16.8. The number of carbonyl (C=O) groups is 1. The summed E-state index contributed by atoms with van der Waals surface area (Å²) in [5.74, 6) is -0.455. The Balaban J connectivity index is 1.33. The van der Waals surface area contributed by atoms with Gasteiger partial charge in [0.2, 0.25) is 0 Å². The largest absolute Gasteiger partial charge is 0.357 e. The van der Waals surface area contributed by atoms with Crippen molar-refractivity contribution in [2.75, 3.05) is 5.32 Å². The first-order valence-corrected chi connectivity index (χ1v) is 10.6.